The zero-order chi connectivity index (χ0) is 19.7. The number of hydrogen-bond donors (Lipinski definition) is 0. The summed E-state index contributed by atoms with van der Waals surface area (Å²) in [5.74, 6) is 1.09. The zero-order valence-electron chi connectivity index (χ0n) is 16.6. The highest BCUT2D eigenvalue weighted by molar-refractivity contribution is 5.94. The van der Waals surface area contributed by atoms with Crippen molar-refractivity contribution in [3.63, 3.8) is 0 Å². The van der Waals surface area contributed by atoms with E-state index in [-0.39, 0.29) is 17.4 Å². The van der Waals surface area contributed by atoms with Gasteiger partial charge in [0.25, 0.3) is 5.91 Å². The Morgan fingerprint density at radius 3 is 2.46 bits per heavy atom. The Hall–Kier alpha value is -2.95. The van der Waals surface area contributed by atoms with Crippen LogP contribution in [0.4, 0.5) is 0 Å². The van der Waals surface area contributed by atoms with Crippen LogP contribution in [0.5, 0.6) is 0 Å². The quantitative estimate of drug-likeness (QED) is 0.645. The molecule has 5 nitrogen and oxygen atoms in total. The van der Waals surface area contributed by atoms with Crippen molar-refractivity contribution in [1.82, 2.24) is 15.0 Å². The van der Waals surface area contributed by atoms with Crippen molar-refractivity contribution in [2.24, 2.45) is 0 Å². The molecule has 1 aromatic heterocycles. The second-order valence-corrected chi connectivity index (χ2v) is 8.31. The predicted molar refractivity (Wildman–Crippen MR) is 108 cm³/mol. The van der Waals surface area contributed by atoms with Crippen LogP contribution in [0.1, 0.15) is 61.5 Å². The molecule has 1 fully saturated rings. The molecule has 1 aliphatic rings. The first kappa shape index (κ1) is 18.4. The summed E-state index contributed by atoms with van der Waals surface area (Å²) in [5.41, 5.74) is 2.88. The molecule has 1 amide bonds. The molecule has 2 aromatic carbocycles. The van der Waals surface area contributed by atoms with Crippen molar-refractivity contribution in [1.29, 1.82) is 0 Å². The Balaban J connectivity index is 1.55. The molecule has 5 heteroatoms. The Morgan fingerprint density at radius 1 is 1.07 bits per heavy atom. The fourth-order valence-corrected chi connectivity index (χ4v) is 3.62. The lowest BCUT2D eigenvalue weighted by atomic mass is 9.86. The molecule has 1 saturated heterocycles. The summed E-state index contributed by atoms with van der Waals surface area (Å²) in [6, 6.07) is 17.5. The van der Waals surface area contributed by atoms with E-state index in [1.54, 1.807) is 0 Å². The van der Waals surface area contributed by atoms with Crippen LogP contribution in [0.3, 0.4) is 0 Å². The van der Waals surface area contributed by atoms with Crippen LogP contribution in [0.15, 0.2) is 59.1 Å². The molecule has 1 aliphatic heterocycles. The third-order valence-electron chi connectivity index (χ3n) is 5.27. The highest BCUT2D eigenvalue weighted by atomic mass is 16.5. The molecule has 3 aromatic rings. The third kappa shape index (κ3) is 3.57. The van der Waals surface area contributed by atoms with Crippen molar-refractivity contribution < 1.29 is 9.32 Å². The summed E-state index contributed by atoms with van der Waals surface area (Å²) >= 11 is 0. The Labute approximate surface area is 165 Å². The number of rotatable bonds is 3. The van der Waals surface area contributed by atoms with Gasteiger partial charge in [-0.2, -0.15) is 4.98 Å². The summed E-state index contributed by atoms with van der Waals surface area (Å²) in [5, 5.41) is 4.11. The minimum atomic E-state index is -0.167. The highest BCUT2D eigenvalue weighted by Crippen LogP contribution is 2.33. The molecule has 144 valence electrons. The van der Waals surface area contributed by atoms with E-state index in [1.807, 2.05) is 59.5 Å². The van der Waals surface area contributed by atoms with Gasteiger partial charge in [0, 0.05) is 17.7 Å². The summed E-state index contributed by atoms with van der Waals surface area (Å²) in [6.07, 6.45) is 1.77. The number of hydrogen-bond acceptors (Lipinski definition) is 4. The SMILES string of the molecule is CC(C)(C)c1ccc(C(=O)N2CCC[C@@H]2c2nc(-c3ccccc3)no2)cc1. The first-order chi connectivity index (χ1) is 13.4. The maximum atomic E-state index is 13.1. The van der Waals surface area contributed by atoms with Gasteiger partial charge in [-0.05, 0) is 36.0 Å². The third-order valence-corrected chi connectivity index (χ3v) is 5.27. The molecule has 4 rings (SSSR count). The van der Waals surface area contributed by atoms with Gasteiger partial charge in [-0.3, -0.25) is 4.79 Å². The van der Waals surface area contributed by atoms with Gasteiger partial charge in [0.15, 0.2) is 0 Å². The van der Waals surface area contributed by atoms with Crippen LogP contribution < -0.4 is 0 Å². The van der Waals surface area contributed by atoms with Gasteiger partial charge < -0.3 is 9.42 Å². The smallest absolute Gasteiger partial charge is 0.254 e. The Kier molecular flexibility index (Phi) is 4.75. The number of carbonyl (C=O) groups is 1. The molecule has 1 atom stereocenters. The second-order valence-electron chi connectivity index (χ2n) is 8.31. The van der Waals surface area contributed by atoms with Crippen LogP contribution in [-0.4, -0.2) is 27.5 Å². The molecule has 2 heterocycles. The first-order valence-corrected chi connectivity index (χ1v) is 9.74. The lowest BCUT2D eigenvalue weighted by molar-refractivity contribution is 0.0710. The molecule has 0 aliphatic carbocycles. The fourth-order valence-electron chi connectivity index (χ4n) is 3.62. The zero-order valence-corrected chi connectivity index (χ0v) is 16.6. The van der Waals surface area contributed by atoms with Gasteiger partial charge in [0.1, 0.15) is 6.04 Å². The van der Waals surface area contributed by atoms with E-state index in [1.165, 1.54) is 5.56 Å². The van der Waals surface area contributed by atoms with Gasteiger partial charge >= 0.3 is 0 Å². The molecule has 0 saturated carbocycles. The average Bonchev–Trinajstić information content (AvgIpc) is 3.37. The summed E-state index contributed by atoms with van der Waals surface area (Å²) in [7, 11) is 0. The van der Waals surface area contributed by atoms with Crippen molar-refractivity contribution in [2.45, 2.75) is 45.1 Å². The maximum absolute atomic E-state index is 13.1. The van der Waals surface area contributed by atoms with Crippen LogP contribution in [0.2, 0.25) is 0 Å². The topological polar surface area (TPSA) is 59.2 Å². The maximum Gasteiger partial charge on any atom is 0.254 e. The van der Waals surface area contributed by atoms with Gasteiger partial charge in [-0.1, -0.05) is 68.4 Å². The van der Waals surface area contributed by atoms with E-state index in [9.17, 15) is 4.79 Å². The molecule has 0 N–H and O–H groups in total. The number of amides is 1. The van der Waals surface area contributed by atoms with Gasteiger partial charge in [-0.15, -0.1) is 0 Å². The summed E-state index contributed by atoms with van der Waals surface area (Å²) in [6.45, 7) is 7.20. The van der Waals surface area contributed by atoms with E-state index in [0.717, 1.165) is 18.4 Å². The van der Waals surface area contributed by atoms with E-state index >= 15 is 0 Å². The minimum Gasteiger partial charge on any atom is -0.337 e. The molecular weight excluding hydrogens is 350 g/mol. The number of likely N-dealkylation sites (tertiary alicyclic amines) is 1. The molecular formula is C23H25N3O2. The van der Waals surface area contributed by atoms with Crippen LogP contribution in [0, 0.1) is 0 Å². The van der Waals surface area contributed by atoms with Crippen molar-refractivity contribution in [3.05, 3.63) is 71.6 Å². The average molecular weight is 375 g/mol. The number of nitrogens with zero attached hydrogens (tertiary/aromatic N) is 3. The summed E-state index contributed by atoms with van der Waals surface area (Å²) in [4.78, 5) is 19.5. The van der Waals surface area contributed by atoms with Crippen LogP contribution in [-0.2, 0) is 5.41 Å². The number of benzene rings is 2. The van der Waals surface area contributed by atoms with E-state index < -0.39 is 0 Å². The van der Waals surface area contributed by atoms with Gasteiger partial charge in [0.05, 0.1) is 0 Å². The van der Waals surface area contributed by atoms with Crippen molar-refractivity contribution in [3.8, 4) is 11.4 Å². The summed E-state index contributed by atoms with van der Waals surface area (Å²) < 4.78 is 5.53. The Morgan fingerprint density at radius 2 is 1.79 bits per heavy atom. The van der Waals surface area contributed by atoms with E-state index in [0.29, 0.717) is 23.8 Å². The highest BCUT2D eigenvalue weighted by Gasteiger charge is 2.34. The predicted octanol–water partition coefficient (Wildman–Crippen LogP) is 5.01. The second kappa shape index (κ2) is 7.23. The molecule has 0 radical (unpaired) electrons. The molecule has 0 unspecified atom stereocenters. The lowest BCUT2D eigenvalue weighted by Gasteiger charge is -2.23. The standard InChI is InChI=1S/C23H25N3O2/c1-23(2,3)18-13-11-17(12-14-18)22(27)26-15-7-10-19(26)21-24-20(25-28-21)16-8-5-4-6-9-16/h4-6,8-9,11-14,19H,7,10,15H2,1-3H3/t19-/m1/s1. The molecule has 28 heavy (non-hydrogen) atoms. The number of carbonyl (C=O) groups excluding carboxylic acids is 1. The van der Waals surface area contributed by atoms with E-state index in [2.05, 4.69) is 30.9 Å². The normalized spacial score (nSPS) is 17.1. The van der Waals surface area contributed by atoms with Crippen LogP contribution in [0.25, 0.3) is 11.4 Å². The molecule has 0 bridgehead atoms. The fraction of sp³-hybridized carbons (Fsp3) is 0.348. The monoisotopic (exact) mass is 375 g/mol. The lowest BCUT2D eigenvalue weighted by Crippen LogP contribution is -2.30. The first-order valence-electron chi connectivity index (χ1n) is 9.74. The van der Waals surface area contributed by atoms with Crippen molar-refractivity contribution in [2.75, 3.05) is 6.54 Å². The minimum absolute atomic E-state index is 0.0161. The largest absolute Gasteiger partial charge is 0.337 e. The van der Waals surface area contributed by atoms with Gasteiger partial charge in [-0.25, -0.2) is 0 Å². The van der Waals surface area contributed by atoms with Crippen LogP contribution >= 0.6 is 0 Å². The number of aromatic nitrogens is 2. The van der Waals surface area contributed by atoms with Crippen molar-refractivity contribution >= 4 is 5.91 Å². The van der Waals surface area contributed by atoms with E-state index in [4.69, 9.17) is 4.52 Å². The Bertz CT molecular complexity index is 956. The molecule has 0 spiro atoms. The van der Waals surface area contributed by atoms with Gasteiger partial charge in [0.2, 0.25) is 11.7 Å².